The summed E-state index contributed by atoms with van der Waals surface area (Å²) in [5.41, 5.74) is 1.87. The van der Waals surface area contributed by atoms with E-state index in [1.54, 1.807) is 17.3 Å². The molecule has 2 N–H and O–H groups in total. The van der Waals surface area contributed by atoms with Crippen LogP contribution in [0.4, 0.5) is 0 Å². The highest BCUT2D eigenvalue weighted by Crippen LogP contribution is 2.44. The van der Waals surface area contributed by atoms with Crippen molar-refractivity contribution in [3.05, 3.63) is 74.6 Å². The van der Waals surface area contributed by atoms with E-state index in [4.69, 9.17) is 4.98 Å². The molecule has 0 saturated carbocycles. The van der Waals surface area contributed by atoms with E-state index in [2.05, 4.69) is 19.9 Å². The summed E-state index contributed by atoms with van der Waals surface area (Å²) in [5.74, 6) is 0.294. The molecule has 1 fully saturated rings. The molecule has 1 saturated heterocycles. The summed E-state index contributed by atoms with van der Waals surface area (Å²) >= 11 is 0. The average molecular weight is 404 g/mol. The highest BCUT2D eigenvalue weighted by atomic mass is 16.2. The van der Waals surface area contributed by atoms with Crippen molar-refractivity contribution in [3.63, 3.8) is 0 Å². The van der Waals surface area contributed by atoms with Crippen molar-refractivity contribution in [2.45, 2.75) is 31.1 Å². The minimum Gasteiger partial charge on any atom is -0.337 e. The molecule has 30 heavy (non-hydrogen) atoms. The number of aromatic amines is 2. The van der Waals surface area contributed by atoms with Crippen molar-refractivity contribution in [1.29, 1.82) is 0 Å². The number of pyridine rings is 1. The maximum atomic E-state index is 12.7. The number of amides is 1. The van der Waals surface area contributed by atoms with Gasteiger partial charge in [0.2, 0.25) is 0 Å². The predicted molar refractivity (Wildman–Crippen MR) is 108 cm³/mol. The van der Waals surface area contributed by atoms with Crippen LogP contribution in [0.3, 0.4) is 0 Å². The van der Waals surface area contributed by atoms with Crippen LogP contribution in [0.5, 0.6) is 0 Å². The molecule has 4 heterocycles. The normalized spacial score (nSPS) is 17.1. The molecule has 1 spiro atoms. The molecule has 3 aromatic heterocycles. The number of H-pyrrole nitrogens is 2. The minimum absolute atomic E-state index is 0.0952. The van der Waals surface area contributed by atoms with Crippen molar-refractivity contribution in [2.75, 3.05) is 13.1 Å². The van der Waals surface area contributed by atoms with Crippen LogP contribution >= 0.6 is 0 Å². The number of hydrogen-bond acceptors (Lipinski definition) is 6. The summed E-state index contributed by atoms with van der Waals surface area (Å²) in [6.45, 7) is 1.07. The van der Waals surface area contributed by atoms with Gasteiger partial charge in [0.15, 0.2) is 0 Å². The standard InChI is InChI=1S/C21H20N6O3/c28-16-12-23-11-15(24-16)20(30)27-8-5-21(6-9-27)4-3-14-17(21)25-18(26-19(14)29)13-2-1-7-22-10-13/h1-2,7,10-12H,3-6,8-9H2,(H,24,28)(H,25,26,29). The third kappa shape index (κ3) is 3.02. The van der Waals surface area contributed by atoms with E-state index in [0.717, 1.165) is 42.3 Å². The monoisotopic (exact) mass is 404 g/mol. The third-order valence-electron chi connectivity index (χ3n) is 6.20. The topological polar surface area (TPSA) is 125 Å². The highest BCUT2D eigenvalue weighted by molar-refractivity contribution is 5.92. The number of nitrogens with one attached hydrogen (secondary N) is 2. The van der Waals surface area contributed by atoms with E-state index in [0.29, 0.717) is 25.3 Å². The van der Waals surface area contributed by atoms with Crippen molar-refractivity contribution >= 4 is 5.91 Å². The van der Waals surface area contributed by atoms with Crippen LogP contribution in [0.25, 0.3) is 11.4 Å². The smallest absolute Gasteiger partial charge is 0.271 e. The Morgan fingerprint density at radius 2 is 1.87 bits per heavy atom. The highest BCUT2D eigenvalue weighted by Gasteiger charge is 2.44. The third-order valence-corrected chi connectivity index (χ3v) is 6.20. The van der Waals surface area contributed by atoms with E-state index in [1.165, 1.54) is 6.20 Å². The Kier molecular flexibility index (Phi) is 4.30. The summed E-state index contributed by atoms with van der Waals surface area (Å²) in [6, 6.07) is 3.68. The SMILES string of the molecule is O=C(c1cncc(=O)[nH]1)N1CCC2(CCc3c2nc(-c2cccnc2)[nH]c3=O)CC1. The molecule has 152 valence electrons. The quantitative estimate of drug-likeness (QED) is 0.657. The van der Waals surface area contributed by atoms with Crippen molar-refractivity contribution in [3.8, 4) is 11.4 Å². The molecule has 1 aliphatic carbocycles. The lowest BCUT2D eigenvalue weighted by molar-refractivity contribution is 0.0657. The predicted octanol–water partition coefficient (Wildman–Crippen LogP) is 1.04. The van der Waals surface area contributed by atoms with Gasteiger partial charge in [-0.25, -0.2) is 4.98 Å². The van der Waals surface area contributed by atoms with Crippen LogP contribution in [0.2, 0.25) is 0 Å². The zero-order valence-electron chi connectivity index (χ0n) is 16.2. The minimum atomic E-state index is -0.398. The summed E-state index contributed by atoms with van der Waals surface area (Å²) < 4.78 is 0. The van der Waals surface area contributed by atoms with E-state index >= 15 is 0 Å². The van der Waals surface area contributed by atoms with Crippen LogP contribution in [-0.2, 0) is 11.8 Å². The lowest BCUT2D eigenvalue weighted by Crippen LogP contribution is -2.45. The molecule has 1 amide bonds. The maximum absolute atomic E-state index is 12.7. The average Bonchev–Trinajstić information content (AvgIpc) is 3.13. The van der Waals surface area contributed by atoms with E-state index in [-0.39, 0.29) is 22.6 Å². The number of carbonyl (C=O) groups is 1. The van der Waals surface area contributed by atoms with Gasteiger partial charge in [0.05, 0.1) is 18.1 Å². The second-order valence-corrected chi connectivity index (χ2v) is 7.87. The number of likely N-dealkylation sites (tertiary alicyclic amines) is 1. The molecule has 9 heteroatoms. The lowest BCUT2D eigenvalue weighted by atomic mass is 9.76. The maximum Gasteiger partial charge on any atom is 0.271 e. The Labute approximate surface area is 171 Å². The Bertz CT molecular complexity index is 1230. The van der Waals surface area contributed by atoms with Gasteiger partial charge in [0.25, 0.3) is 17.0 Å². The van der Waals surface area contributed by atoms with Gasteiger partial charge in [0.1, 0.15) is 11.5 Å². The number of fused-ring (bicyclic) bond motifs is 2. The zero-order valence-corrected chi connectivity index (χ0v) is 16.2. The largest absolute Gasteiger partial charge is 0.337 e. The Morgan fingerprint density at radius 1 is 1.03 bits per heavy atom. The van der Waals surface area contributed by atoms with E-state index in [1.807, 2.05) is 12.1 Å². The molecule has 0 radical (unpaired) electrons. The van der Waals surface area contributed by atoms with Gasteiger partial charge < -0.3 is 14.9 Å². The van der Waals surface area contributed by atoms with Crippen molar-refractivity contribution < 1.29 is 4.79 Å². The van der Waals surface area contributed by atoms with Gasteiger partial charge in [-0.05, 0) is 37.8 Å². The molecular weight excluding hydrogens is 384 g/mol. The van der Waals surface area contributed by atoms with Crippen molar-refractivity contribution in [2.24, 2.45) is 0 Å². The summed E-state index contributed by atoms with van der Waals surface area (Å²) in [5, 5.41) is 0. The van der Waals surface area contributed by atoms with E-state index < -0.39 is 5.56 Å². The first-order chi connectivity index (χ1) is 14.6. The molecule has 0 aromatic carbocycles. The first-order valence-corrected chi connectivity index (χ1v) is 9.93. The van der Waals surface area contributed by atoms with Crippen LogP contribution in [0.1, 0.15) is 41.0 Å². The van der Waals surface area contributed by atoms with Crippen LogP contribution < -0.4 is 11.1 Å². The number of piperidine rings is 1. The summed E-state index contributed by atoms with van der Waals surface area (Å²) in [6.07, 6.45) is 8.86. The molecule has 3 aromatic rings. The molecule has 0 bridgehead atoms. The van der Waals surface area contributed by atoms with Crippen LogP contribution in [0, 0.1) is 0 Å². The molecule has 1 aliphatic heterocycles. The Morgan fingerprint density at radius 3 is 2.60 bits per heavy atom. The zero-order chi connectivity index (χ0) is 20.7. The number of carbonyl (C=O) groups excluding carboxylic acids is 1. The van der Waals surface area contributed by atoms with Gasteiger partial charge >= 0.3 is 0 Å². The van der Waals surface area contributed by atoms with Gasteiger partial charge in [-0.15, -0.1) is 0 Å². The van der Waals surface area contributed by atoms with Gasteiger partial charge in [-0.1, -0.05) is 0 Å². The molecule has 0 unspecified atom stereocenters. The first-order valence-electron chi connectivity index (χ1n) is 9.93. The van der Waals surface area contributed by atoms with Gasteiger partial charge in [0, 0.05) is 42.0 Å². The fraction of sp³-hybridized carbons (Fsp3) is 0.333. The summed E-state index contributed by atoms with van der Waals surface area (Å²) in [4.78, 5) is 56.8. The molecule has 0 atom stereocenters. The van der Waals surface area contributed by atoms with Crippen molar-refractivity contribution in [1.82, 2.24) is 29.8 Å². The number of rotatable bonds is 2. The number of nitrogens with zero attached hydrogens (tertiary/aromatic N) is 4. The number of hydrogen-bond donors (Lipinski definition) is 2. The fourth-order valence-corrected chi connectivity index (χ4v) is 4.57. The first kappa shape index (κ1) is 18.4. The molecular formula is C21H20N6O3. The Balaban J connectivity index is 1.42. The second-order valence-electron chi connectivity index (χ2n) is 7.87. The fourth-order valence-electron chi connectivity index (χ4n) is 4.57. The molecule has 9 nitrogen and oxygen atoms in total. The van der Waals surface area contributed by atoms with E-state index in [9.17, 15) is 14.4 Å². The molecule has 5 rings (SSSR count). The summed E-state index contributed by atoms with van der Waals surface area (Å²) in [7, 11) is 0. The van der Waals surface area contributed by atoms with Gasteiger partial charge in [-0.3, -0.25) is 24.4 Å². The molecule has 2 aliphatic rings. The Hall–Kier alpha value is -3.62. The van der Waals surface area contributed by atoms with Gasteiger partial charge in [-0.2, -0.15) is 0 Å². The number of aromatic nitrogens is 5. The van der Waals surface area contributed by atoms with Crippen LogP contribution in [-0.4, -0.2) is 48.8 Å². The van der Waals surface area contributed by atoms with Crippen LogP contribution in [0.15, 0.2) is 46.5 Å². The second kappa shape index (κ2) is 7.01. The lowest BCUT2D eigenvalue weighted by Gasteiger charge is -2.39.